The Morgan fingerprint density at radius 2 is 1.91 bits per heavy atom. The number of fused-ring (bicyclic) bond motifs is 1. The van der Waals surface area contributed by atoms with E-state index in [-0.39, 0.29) is 23.0 Å². The third-order valence-corrected chi connectivity index (χ3v) is 4.96. The van der Waals surface area contributed by atoms with Crippen molar-refractivity contribution in [2.45, 2.75) is 30.7 Å². The van der Waals surface area contributed by atoms with E-state index in [4.69, 9.17) is 19.0 Å². The summed E-state index contributed by atoms with van der Waals surface area (Å²) >= 11 is 0. The minimum atomic E-state index is -1.87. The molecule has 10 nitrogen and oxygen atoms in total. The van der Waals surface area contributed by atoms with Gasteiger partial charge in [-0.2, -0.15) is 0 Å². The molecule has 0 radical (unpaired) electrons. The van der Waals surface area contributed by atoms with Gasteiger partial charge in [-0.25, -0.2) is 14.2 Å². The Kier molecular flexibility index (Phi) is 5.57. The molecule has 2 aromatic carbocycles. The highest BCUT2D eigenvalue weighted by Gasteiger charge is 2.48. The van der Waals surface area contributed by atoms with E-state index in [1.807, 2.05) is 0 Å². The lowest BCUT2D eigenvalue weighted by atomic mass is 9.99. The van der Waals surface area contributed by atoms with Gasteiger partial charge in [-0.05, 0) is 18.2 Å². The van der Waals surface area contributed by atoms with E-state index in [2.05, 4.69) is 11.6 Å². The lowest BCUT2D eigenvalue weighted by Gasteiger charge is -2.38. The van der Waals surface area contributed by atoms with Gasteiger partial charge in [0.25, 0.3) is 0 Å². The van der Waals surface area contributed by atoms with Crippen molar-refractivity contribution >= 4 is 23.1 Å². The van der Waals surface area contributed by atoms with E-state index in [1.54, 1.807) is 0 Å². The van der Waals surface area contributed by atoms with Crippen LogP contribution < -0.4 is 4.74 Å². The van der Waals surface area contributed by atoms with Gasteiger partial charge in [-0.3, -0.25) is 0 Å². The second-order valence-electron chi connectivity index (χ2n) is 7.10. The highest BCUT2D eigenvalue weighted by atomic mass is 19.1. The van der Waals surface area contributed by atoms with Gasteiger partial charge >= 0.3 is 5.97 Å². The number of nitrogens with zero attached hydrogens (tertiary/aromatic N) is 1. The highest BCUT2D eigenvalue weighted by molar-refractivity contribution is 5.86. The van der Waals surface area contributed by atoms with Crippen molar-refractivity contribution in [3.8, 4) is 23.0 Å². The predicted molar refractivity (Wildman–Crippen MR) is 106 cm³/mol. The van der Waals surface area contributed by atoms with Crippen LogP contribution in [0, 0.1) is 5.82 Å². The van der Waals surface area contributed by atoms with Crippen LogP contribution in [0.4, 0.5) is 4.39 Å². The van der Waals surface area contributed by atoms with Gasteiger partial charge < -0.3 is 39.4 Å². The number of aromatic nitrogens is 1. The fraction of sp³-hybridized carbons (Fsp3) is 0.238. The maximum Gasteiger partial charge on any atom is 0.335 e. The van der Waals surface area contributed by atoms with E-state index in [1.165, 1.54) is 30.3 Å². The molecule has 1 aliphatic rings. The molecule has 1 aliphatic heterocycles. The lowest BCUT2D eigenvalue weighted by molar-refractivity contribution is -0.271. The summed E-state index contributed by atoms with van der Waals surface area (Å²) in [5.74, 6) is -2.67. The number of aliphatic hydroxyl groups excluding tert-OH is 3. The fourth-order valence-electron chi connectivity index (χ4n) is 3.34. The number of hydrogen-bond acceptors (Lipinski definition) is 9. The number of aromatic hydroxyl groups is 1. The van der Waals surface area contributed by atoms with E-state index < -0.39 is 42.5 Å². The lowest BCUT2D eigenvalue weighted by Crippen LogP contribution is -2.61. The van der Waals surface area contributed by atoms with Gasteiger partial charge in [-0.15, -0.1) is 0 Å². The monoisotopic (exact) mass is 447 g/mol. The van der Waals surface area contributed by atoms with Crippen LogP contribution >= 0.6 is 0 Å². The van der Waals surface area contributed by atoms with Crippen molar-refractivity contribution in [2.75, 3.05) is 0 Å². The number of aliphatic carboxylic acids is 1. The molecule has 0 unspecified atom stereocenters. The number of hydrogen-bond donors (Lipinski definition) is 5. The summed E-state index contributed by atoms with van der Waals surface area (Å²) in [6, 6.07) is 6.27. The van der Waals surface area contributed by atoms with Crippen LogP contribution in [-0.2, 0) is 9.53 Å². The Labute approximate surface area is 179 Å². The zero-order valence-corrected chi connectivity index (χ0v) is 16.3. The predicted octanol–water partition coefficient (Wildman–Crippen LogP) is 1.25. The average Bonchev–Trinajstić information content (AvgIpc) is 3.16. The first-order valence-electron chi connectivity index (χ1n) is 9.34. The summed E-state index contributed by atoms with van der Waals surface area (Å²) in [5, 5.41) is 48.4. The Hall–Kier alpha value is -3.51. The van der Waals surface area contributed by atoms with Crippen LogP contribution in [0.1, 0.15) is 5.56 Å². The number of benzene rings is 2. The SMILES string of the molecule is C=Cc1cc(O)cc2nc(-c3ccc(O[C@@H]4O[C@H](C(=O)O)[C@@H](O)[C@H](O)[C@H]4O)cc3F)oc12. The number of halogens is 1. The zero-order valence-electron chi connectivity index (χ0n) is 16.3. The number of aliphatic hydroxyl groups is 3. The summed E-state index contributed by atoms with van der Waals surface area (Å²) in [7, 11) is 0. The molecular weight excluding hydrogens is 429 g/mol. The van der Waals surface area contributed by atoms with Crippen molar-refractivity contribution in [1.29, 1.82) is 0 Å². The molecule has 0 bridgehead atoms. The van der Waals surface area contributed by atoms with Crippen molar-refractivity contribution in [1.82, 2.24) is 4.98 Å². The quantitative estimate of drug-likeness (QED) is 0.385. The van der Waals surface area contributed by atoms with Gasteiger partial charge in [0.2, 0.25) is 12.2 Å². The van der Waals surface area contributed by atoms with Crippen molar-refractivity contribution in [3.63, 3.8) is 0 Å². The van der Waals surface area contributed by atoms with Crippen LogP contribution in [-0.4, -0.2) is 67.2 Å². The normalized spacial score (nSPS) is 25.6. The minimum absolute atomic E-state index is 0.0352. The second-order valence-corrected chi connectivity index (χ2v) is 7.10. The number of phenols is 1. The van der Waals surface area contributed by atoms with Crippen LogP contribution in [0.25, 0.3) is 28.6 Å². The average molecular weight is 447 g/mol. The standard InChI is InChI=1S/C21H18FNO9/c1-2-8-5-9(24)6-13-17(8)31-19(23-13)11-4-3-10(7-12(11)22)30-21-16(27)14(25)15(26)18(32-21)20(28)29/h2-7,14-16,18,21,24-27H,1H2,(H,28,29)/t14-,15-,16+,18-,21+/m0/s1. The molecule has 0 aliphatic carbocycles. The maximum atomic E-state index is 14.8. The van der Waals surface area contributed by atoms with Crippen molar-refractivity contribution in [3.05, 3.63) is 48.3 Å². The summed E-state index contributed by atoms with van der Waals surface area (Å²) in [6.45, 7) is 3.63. The molecule has 5 atom stereocenters. The number of carboxylic acid groups (broad SMARTS) is 1. The highest BCUT2D eigenvalue weighted by Crippen LogP contribution is 2.33. The molecule has 11 heteroatoms. The minimum Gasteiger partial charge on any atom is -0.508 e. The molecule has 5 N–H and O–H groups in total. The molecule has 1 aromatic heterocycles. The number of rotatable bonds is 5. The van der Waals surface area contributed by atoms with Crippen LogP contribution in [0.2, 0.25) is 0 Å². The largest absolute Gasteiger partial charge is 0.508 e. The molecular formula is C21H18FNO9. The number of oxazole rings is 1. The van der Waals surface area contributed by atoms with Crippen molar-refractivity contribution in [2.24, 2.45) is 0 Å². The second kappa shape index (κ2) is 8.20. The third-order valence-electron chi connectivity index (χ3n) is 4.96. The summed E-state index contributed by atoms with van der Waals surface area (Å²) in [4.78, 5) is 15.4. The van der Waals surface area contributed by atoms with Crippen molar-refractivity contribution < 1.29 is 48.6 Å². The van der Waals surface area contributed by atoms with Crippen LogP contribution in [0.5, 0.6) is 11.5 Å². The van der Waals surface area contributed by atoms with E-state index in [0.717, 1.165) is 6.07 Å². The summed E-state index contributed by atoms with van der Waals surface area (Å²) < 4.78 is 30.7. The van der Waals surface area contributed by atoms with E-state index in [9.17, 15) is 29.6 Å². The Bertz CT molecular complexity index is 1190. The molecule has 1 fully saturated rings. The maximum absolute atomic E-state index is 14.8. The summed E-state index contributed by atoms with van der Waals surface area (Å²) in [5.41, 5.74) is 1.03. The first-order chi connectivity index (χ1) is 15.2. The Morgan fingerprint density at radius 3 is 2.56 bits per heavy atom. The number of ether oxygens (including phenoxy) is 2. The van der Waals surface area contributed by atoms with Gasteiger partial charge in [0.15, 0.2) is 11.7 Å². The van der Waals surface area contributed by atoms with E-state index in [0.29, 0.717) is 16.7 Å². The van der Waals surface area contributed by atoms with Gasteiger partial charge in [-0.1, -0.05) is 12.7 Å². The molecule has 0 amide bonds. The van der Waals surface area contributed by atoms with Crippen LogP contribution in [0.15, 0.2) is 41.3 Å². The topological polar surface area (TPSA) is 163 Å². The molecule has 168 valence electrons. The molecule has 0 spiro atoms. The Morgan fingerprint density at radius 1 is 1.16 bits per heavy atom. The molecule has 2 heterocycles. The fourth-order valence-corrected chi connectivity index (χ4v) is 3.34. The van der Waals surface area contributed by atoms with Crippen LogP contribution in [0.3, 0.4) is 0 Å². The molecule has 32 heavy (non-hydrogen) atoms. The molecule has 4 rings (SSSR count). The first-order valence-corrected chi connectivity index (χ1v) is 9.34. The first kappa shape index (κ1) is 21.7. The third kappa shape index (κ3) is 3.78. The number of phenolic OH excluding ortho intramolecular Hbond substituents is 1. The van der Waals surface area contributed by atoms with Gasteiger partial charge in [0, 0.05) is 17.7 Å². The smallest absolute Gasteiger partial charge is 0.335 e. The summed E-state index contributed by atoms with van der Waals surface area (Å²) in [6.07, 6.45) is -7.59. The molecule has 3 aromatic rings. The zero-order chi connectivity index (χ0) is 23.2. The number of carboxylic acids is 1. The van der Waals surface area contributed by atoms with Gasteiger partial charge in [0.05, 0.1) is 5.56 Å². The van der Waals surface area contributed by atoms with E-state index >= 15 is 0 Å². The molecule has 1 saturated heterocycles. The Balaban J connectivity index is 1.61. The molecule has 0 saturated carbocycles. The number of carbonyl (C=O) groups is 1. The van der Waals surface area contributed by atoms with Gasteiger partial charge in [0.1, 0.15) is 41.1 Å².